The van der Waals surface area contributed by atoms with Gasteiger partial charge in [0.1, 0.15) is 5.58 Å². The average molecular weight is 688 g/mol. The van der Waals surface area contributed by atoms with Crippen LogP contribution in [0.2, 0.25) is 5.02 Å². The van der Waals surface area contributed by atoms with Crippen molar-refractivity contribution in [3.8, 4) is 0 Å². The summed E-state index contributed by atoms with van der Waals surface area (Å²) in [5, 5.41) is 4.20. The molecule has 1 aliphatic carbocycles. The maximum Gasteiger partial charge on any atom is 0.287 e. The summed E-state index contributed by atoms with van der Waals surface area (Å²) in [5.74, 6) is 0.244. The second-order valence-electron chi connectivity index (χ2n) is 12.1. The average Bonchev–Trinajstić information content (AvgIpc) is 3.04. The van der Waals surface area contributed by atoms with Gasteiger partial charge >= 0.3 is 0 Å². The molecule has 1 saturated heterocycles. The lowest BCUT2D eigenvalue weighted by molar-refractivity contribution is -0.133. The third-order valence-electron chi connectivity index (χ3n) is 8.94. The number of carbonyl (C=O) groups is 2. The Morgan fingerprint density at radius 3 is 2.56 bits per heavy atom. The first-order chi connectivity index (χ1) is 21.8. The first-order valence-corrected chi connectivity index (χ1v) is 16.8. The van der Waals surface area contributed by atoms with Gasteiger partial charge in [-0.3, -0.25) is 14.4 Å². The van der Waals surface area contributed by atoms with Gasteiger partial charge < -0.3 is 14.6 Å². The molecule has 232 valence electrons. The molecule has 6 nitrogen and oxygen atoms in total. The Balaban J connectivity index is 1.18. The SMILES string of the molecule is O=C(N[C@H](C=C1CCC(c2ccccc2CN2CCCCC2=O)CC1)Cc1ccc(Cl)cc1)c1cc(=O)c2cc(Br)ccc2o1. The number of nitrogens with one attached hydrogen (secondary N) is 1. The number of fused-ring (bicyclic) bond motifs is 1. The number of halogens is 2. The Hall–Kier alpha value is -3.68. The molecular weight excluding hydrogens is 652 g/mol. The van der Waals surface area contributed by atoms with Crippen molar-refractivity contribution in [3.05, 3.63) is 127 Å². The summed E-state index contributed by atoms with van der Waals surface area (Å²) in [6, 6.07) is 22.3. The second-order valence-corrected chi connectivity index (χ2v) is 13.4. The number of amides is 2. The zero-order valence-electron chi connectivity index (χ0n) is 25.1. The number of hydrogen-bond donors (Lipinski definition) is 1. The molecule has 0 unspecified atom stereocenters. The number of carbonyl (C=O) groups excluding carboxylic acids is 2. The standard InChI is InChI=1S/C37H36BrClN2O4/c38-28-14-17-34-32(21-28)33(42)22-35(45-34)37(44)40-30(20-25-10-15-29(39)16-11-25)19-24-8-12-26(13-9-24)31-6-2-1-5-27(31)23-41-18-4-3-7-36(41)43/h1-2,5-6,10-11,14-17,19,21-22,26,30H,3-4,7-9,12-13,18,20,23H2,(H,40,44)/t26?,30-/m1/s1. The largest absolute Gasteiger partial charge is 0.451 e. The van der Waals surface area contributed by atoms with E-state index in [1.165, 1.54) is 22.8 Å². The number of nitrogens with zero attached hydrogens (tertiary/aromatic N) is 1. The zero-order chi connectivity index (χ0) is 31.3. The molecule has 1 N–H and O–H groups in total. The molecule has 1 aromatic heterocycles. The number of likely N-dealkylation sites (tertiary alicyclic amines) is 1. The van der Waals surface area contributed by atoms with Crippen LogP contribution in [-0.2, 0) is 17.8 Å². The molecule has 2 aliphatic rings. The lowest BCUT2D eigenvalue weighted by Gasteiger charge is -2.31. The van der Waals surface area contributed by atoms with Gasteiger partial charge in [0.05, 0.1) is 11.4 Å². The maximum absolute atomic E-state index is 13.4. The van der Waals surface area contributed by atoms with Crippen molar-refractivity contribution in [2.75, 3.05) is 6.54 Å². The van der Waals surface area contributed by atoms with Crippen LogP contribution in [0, 0.1) is 0 Å². The number of allylic oxidation sites excluding steroid dienone is 1. The Morgan fingerprint density at radius 2 is 1.78 bits per heavy atom. The molecule has 45 heavy (non-hydrogen) atoms. The highest BCUT2D eigenvalue weighted by molar-refractivity contribution is 9.10. The summed E-state index contributed by atoms with van der Waals surface area (Å²) < 4.78 is 6.62. The van der Waals surface area contributed by atoms with Gasteiger partial charge in [0.25, 0.3) is 5.91 Å². The molecule has 8 heteroatoms. The minimum absolute atomic E-state index is 0.0122. The summed E-state index contributed by atoms with van der Waals surface area (Å²) in [6.07, 6.45) is 9.33. The van der Waals surface area contributed by atoms with E-state index < -0.39 is 5.91 Å². The molecule has 4 aromatic rings. The van der Waals surface area contributed by atoms with E-state index in [-0.39, 0.29) is 23.1 Å². The first-order valence-electron chi connectivity index (χ1n) is 15.7. The molecular formula is C37H36BrClN2O4. The minimum atomic E-state index is -0.428. The summed E-state index contributed by atoms with van der Waals surface area (Å²) in [6.45, 7) is 1.53. The minimum Gasteiger partial charge on any atom is -0.451 e. The fraction of sp³-hybridized carbons (Fsp3) is 0.324. The highest BCUT2D eigenvalue weighted by Gasteiger charge is 2.25. The van der Waals surface area contributed by atoms with Gasteiger partial charge in [-0.05, 0) is 97.9 Å². The van der Waals surface area contributed by atoms with Gasteiger partial charge in [0.15, 0.2) is 11.2 Å². The summed E-state index contributed by atoms with van der Waals surface area (Å²) in [7, 11) is 0. The highest BCUT2D eigenvalue weighted by Crippen LogP contribution is 2.37. The van der Waals surface area contributed by atoms with Crippen molar-refractivity contribution in [3.63, 3.8) is 0 Å². The van der Waals surface area contributed by atoms with E-state index in [2.05, 4.69) is 51.6 Å². The molecule has 1 saturated carbocycles. The summed E-state index contributed by atoms with van der Waals surface area (Å²) in [5.41, 5.74) is 5.05. The van der Waals surface area contributed by atoms with E-state index in [1.54, 1.807) is 18.2 Å². The fourth-order valence-corrected chi connectivity index (χ4v) is 7.05. The molecule has 2 amide bonds. The Bertz CT molecular complexity index is 1790. The van der Waals surface area contributed by atoms with Crippen molar-refractivity contribution in [1.82, 2.24) is 10.2 Å². The van der Waals surface area contributed by atoms with E-state index in [4.69, 9.17) is 16.0 Å². The van der Waals surface area contributed by atoms with Gasteiger partial charge in [-0.25, -0.2) is 0 Å². The van der Waals surface area contributed by atoms with Crippen LogP contribution in [0.4, 0.5) is 0 Å². The van der Waals surface area contributed by atoms with Crippen LogP contribution in [0.1, 0.15) is 78.1 Å². The fourth-order valence-electron chi connectivity index (χ4n) is 6.57. The Kier molecular flexibility index (Phi) is 9.86. The van der Waals surface area contributed by atoms with E-state index in [0.29, 0.717) is 41.3 Å². The van der Waals surface area contributed by atoms with Gasteiger partial charge in [-0.15, -0.1) is 0 Å². The third-order valence-corrected chi connectivity index (χ3v) is 9.69. The van der Waals surface area contributed by atoms with Crippen molar-refractivity contribution >= 4 is 50.3 Å². The maximum atomic E-state index is 13.4. The van der Waals surface area contributed by atoms with Gasteiger partial charge in [0, 0.05) is 35.1 Å². The summed E-state index contributed by atoms with van der Waals surface area (Å²) >= 11 is 9.52. The van der Waals surface area contributed by atoms with Crippen LogP contribution in [0.3, 0.4) is 0 Å². The first kappa shape index (κ1) is 31.3. The summed E-state index contributed by atoms with van der Waals surface area (Å²) in [4.78, 5) is 40.7. The van der Waals surface area contributed by atoms with Crippen LogP contribution in [0.5, 0.6) is 0 Å². The van der Waals surface area contributed by atoms with Gasteiger partial charge in [-0.2, -0.15) is 0 Å². The molecule has 1 atom stereocenters. The van der Waals surface area contributed by atoms with E-state index in [0.717, 1.165) is 55.1 Å². The van der Waals surface area contributed by atoms with Crippen LogP contribution >= 0.6 is 27.5 Å². The van der Waals surface area contributed by atoms with Gasteiger partial charge in [0.2, 0.25) is 5.91 Å². The Morgan fingerprint density at radius 1 is 1.00 bits per heavy atom. The molecule has 3 aromatic carbocycles. The number of rotatable bonds is 8. The molecule has 2 fully saturated rings. The second kappa shape index (κ2) is 14.2. The predicted octanol–water partition coefficient (Wildman–Crippen LogP) is 8.35. The van der Waals surface area contributed by atoms with Crippen LogP contribution in [0.15, 0.2) is 98.1 Å². The zero-order valence-corrected chi connectivity index (χ0v) is 27.4. The smallest absolute Gasteiger partial charge is 0.287 e. The highest BCUT2D eigenvalue weighted by atomic mass is 79.9. The van der Waals surface area contributed by atoms with Crippen molar-refractivity contribution in [2.45, 2.75) is 69.9 Å². The molecule has 2 heterocycles. The normalized spacial score (nSPS) is 17.7. The number of piperidine rings is 1. The van der Waals surface area contributed by atoms with E-state index >= 15 is 0 Å². The number of hydrogen-bond acceptors (Lipinski definition) is 4. The molecule has 0 bridgehead atoms. The van der Waals surface area contributed by atoms with Crippen molar-refractivity contribution in [2.24, 2.45) is 0 Å². The van der Waals surface area contributed by atoms with Crippen molar-refractivity contribution in [1.29, 1.82) is 0 Å². The topological polar surface area (TPSA) is 79.6 Å². The molecule has 0 radical (unpaired) electrons. The van der Waals surface area contributed by atoms with Crippen molar-refractivity contribution < 1.29 is 14.0 Å². The Labute approximate surface area is 276 Å². The molecule has 0 spiro atoms. The van der Waals surface area contributed by atoms with Crippen LogP contribution < -0.4 is 10.7 Å². The lowest BCUT2D eigenvalue weighted by Crippen LogP contribution is -2.36. The van der Waals surface area contributed by atoms with Gasteiger partial charge in [-0.1, -0.05) is 75.6 Å². The van der Waals surface area contributed by atoms with E-state index in [1.807, 2.05) is 29.2 Å². The molecule has 6 rings (SSSR count). The number of benzene rings is 3. The third kappa shape index (κ3) is 7.77. The monoisotopic (exact) mass is 686 g/mol. The quantitative estimate of drug-likeness (QED) is 0.189. The van der Waals surface area contributed by atoms with E-state index in [9.17, 15) is 14.4 Å². The molecule has 1 aliphatic heterocycles. The lowest BCUT2D eigenvalue weighted by atomic mass is 9.79. The van der Waals surface area contributed by atoms with Crippen LogP contribution in [-0.4, -0.2) is 29.3 Å². The predicted molar refractivity (Wildman–Crippen MR) is 182 cm³/mol. The van der Waals surface area contributed by atoms with Crippen LogP contribution in [0.25, 0.3) is 11.0 Å².